The van der Waals surface area contributed by atoms with Gasteiger partial charge in [0.25, 0.3) is 0 Å². The van der Waals surface area contributed by atoms with E-state index in [0.717, 1.165) is 23.3 Å². The van der Waals surface area contributed by atoms with Gasteiger partial charge >= 0.3 is 0 Å². The minimum Gasteiger partial charge on any atom is -0.477 e. The molecule has 2 aromatic rings. The first-order chi connectivity index (χ1) is 11.5. The lowest BCUT2D eigenvalue weighted by atomic mass is 9.90. The average molecular weight is 367 g/mol. The van der Waals surface area contributed by atoms with Gasteiger partial charge in [-0.3, -0.25) is 4.90 Å². The molecule has 0 unspecified atom stereocenters. The van der Waals surface area contributed by atoms with Gasteiger partial charge < -0.3 is 10.5 Å². The van der Waals surface area contributed by atoms with E-state index in [2.05, 4.69) is 9.88 Å². The molecule has 0 radical (unpaired) electrons. The molecule has 24 heavy (non-hydrogen) atoms. The highest BCUT2D eigenvalue weighted by molar-refractivity contribution is 7.09. The van der Waals surface area contributed by atoms with Crippen molar-refractivity contribution in [2.24, 2.45) is 5.73 Å². The third-order valence-corrected chi connectivity index (χ3v) is 5.00. The molecule has 5 nitrogen and oxygen atoms in total. The zero-order valence-electron chi connectivity index (χ0n) is 13.1. The fraction of sp³-hybridized carbons (Fsp3) is 0.375. The van der Waals surface area contributed by atoms with E-state index in [1.54, 1.807) is 0 Å². The number of rotatable bonds is 5. The Morgan fingerprint density at radius 3 is 2.88 bits per heavy atom. The van der Waals surface area contributed by atoms with E-state index in [4.69, 9.17) is 22.1 Å². The van der Waals surface area contributed by atoms with Gasteiger partial charge in [0.15, 0.2) is 5.60 Å². The molecule has 0 bridgehead atoms. The average Bonchev–Trinajstić information content (AvgIpc) is 2.95. The van der Waals surface area contributed by atoms with Crippen molar-refractivity contribution in [3.05, 3.63) is 44.6 Å². The fourth-order valence-corrected chi connectivity index (χ4v) is 3.63. The topological polar surface area (TPSA) is 75.2 Å². The molecule has 0 spiro atoms. The van der Waals surface area contributed by atoms with Crippen LogP contribution >= 0.6 is 22.9 Å². The number of hydrogen-bond donors (Lipinski definition) is 1. The molecule has 1 aromatic carbocycles. The summed E-state index contributed by atoms with van der Waals surface area (Å²) in [6.45, 7) is 4.44. The van der Waals surface area contributed by atoms with Gasteiger partial charge in [0.1, 0.15) is 17.6 Å². The van der Waals surface area contributed by atoms with Gasteiger partial charge in [-0.25, -0.2) is 9.37 Å². The molecule has 0 saturated carbocycles. The molecule has 1 fully saturated rings. The maximum absolute atomic E-state index is 13.6. The maximum atomic E-state index is 13.6. The first-order valence-electron chi connectivity index (χ1n) is 7.40. The zero-order chi connectivity index (χ0) is 17.3. The Bertz CT molecular complexity index is 798. The molecule has 1 aliphatic heterocycles. The number of halogens is 2. The SMILES string of the molecule is Cc1nc(C2(Oc3cc(Cl)c(F)cc3C#N)CN(CCN)C2)cs1. The Balaban J connectivity index is 1.94. The standard InChI is InChI=1S/C16H16ClFN4OS/c1-10-21-15(7-24-10)16(8-22(9-16)3-2-19)23-14-5-12(17)13(18)4-11(14)6-20/h4-5,7H,2-3,8-9,19H2,1H3. The van der Waals surface area contributed by atoms with Crippen molar-refractivity contribution in [2.45, 2.75) is 12.5 Å². The first kappa shape index (κ1) is 17.1. The van der Waals surface area contributed by atoms with Gasteiger partial charge in [0, 0.05) is 37.6 Å². The number of nitrogens with zero attached hydrogens (tertiary/aromatic N) is 3. The van der Waals surface area contributed by atoms with Crippen LogP contribution in [0, 0.1) is 24.1 Å². The predicted octanol–water partition coefficient (Wildman–Crippen LogP) is 2.66. The van der Waals surface area contributed by atoms with E-state index >= 15 is 0 Å². The smallest absolute Gasteiger partial charge is 0.177 e. The van der Waals surface area contributed by atoms with Crippen LogP contribution in [0.5, 0.6) is 5.75 Å². The number of thiazole rings is 1. The van der Waals surface area contributed by atoms with Crippen LogP contribution in [0.3, 0.4) is 0 Å². The van der Waals surface area contributed by atoms with Gasteiger partial charge in [0.2, 0.25) is 0 Å². The monoisotopic (exact) mass is 366 g/mol. The highest BCUT2D eigenvalue weighted by atomic mass is 35.5. The number of aryl methyl sites for hydroxylation is 1. The van der Waals surface area contributed by atoms with Crippen LogP contribution in [0.4, 0.5) is 4.39 Å². The summed E-state index contributed by atoms with van der Waals surface area (Å²) in [6.07, 6.45) is 0. The lowest BCUT2D eigenvalue weighted by Crippen LogP contribution is -2.63. The van der Waals surface area contributed by atoms with E-state index in [1.807, 2.05) is 18.4 Å². The van der Waals surface area contributed by atoms with E-state index in [0.29, 0.717) is 19.6 Å². The third kappa shape index (κ3) is 3.10. The van der Waals surface area contributed by atoms with Crippen molar-refractivity contribution in [3.8, 4) is 11.8 Å². The van der Waals surface area contributed by atoms with Gasteiger partial charge in [-0.15, -0.1) is 11.3 Å². The molecule has 0 amide bonds. The molecular formula is C16H16ClFN4OS. The Labute approximate surface area is 148 Å². The van der Waals surface area contributed by atoms with Crippen molar-refractivity contribution in [1.29, 1.82) is 5.26 Å². The highest BCUT2D eigenvalue weighted by Gasteiger charge is 2.48. The predicted molar refractivity (Wildman–Crippen MR) is 90.8 cm³/mol. The van der Waals surface area contributed by atoms with Crippen LogP contribution in [-0.4, -0.2) is 36.1 Å². The Hall–Kier alpha value is -1.72. The number of ether oxygens (including phenoxy) is 1. The lowest BCUT2D eigenvalue weighted by molar-refractivity contribution is -0.0841. The maximum Gasteiger partial charge on any atom is 0.177 e. The Morgan fingerprint density at radius 1 is 1.54 bits per heavy atom. The quantitative estimate of drug-likeness (QED) is 0.880. The van der Waals surface area contributed by atoms with Gasteiger partial charge in [-0.1, -0.05) is 11.6 Å². The number of likely N-dealkylation sites (tertiary alicyclic amines) is 1. The van der Waals surface area contributed by atoms with Gasteiger partial charge in [-0.05, 0) is 13.0 Å². The number of nitriles is 1. The summed E-state index contributed by atoms with van der Waals surface area (Å²) in [7, 11) is 0. The van der Waals surface area contributed by atoms with Crippen molar-refractivity contribution in [2.75, 3.05) is 26.2 Å². The van der Waals surface area contributed by atoms with Gasteiger partial charge in [0.05, 0.1) is 21.3 Å². The molecule has 1 aromatic heterocycles. The summed E-state index contributed by atoms with van der Waals surface area (Å²) in [5, 5.41) is 12.1. The molecule has 1 saturated heterocycles. The van der Waals surface area contributed by atoms with Crippen LogP contribution in [0.2, 0.25) is 5.02 Å². The Kier molecular flexibility index (Phi) is 4.74. The van der Waals surface area contributed by atoms with E-state index < -0.39 is 11.4 Å². The Morgan fingerprint density at radius 2 is 2.29 bits per heavy atom. The minimum absolute atomic E-state index is 0.0771. The normalized spacial score (nSPS) is 16.5. The zero-order valence-corrected chi connectivity index (χ0v) is 14.6. The summed E-state index contributed by atoms with van der Waals surface area (Å²) in [6, 6.07) is 4.39. The van der Waals surface area contributed by atoms with Crippen molar-refractivity contribution >= 4 is 22.9 Å². The molecular weight excluding hydrogens is 351 g/mol. The number of aromatic nitrogens is 1. The fourth-order valence-electron chi connectivity index (χ4n) is 2.78. The molecule has 2 N–H and O–H groups in total. The van der Waals surface area contributed by atoms with Crippen LogP contribution in [0.25, 0.3) is 0 Å². The molecule has 126 valence electrons. The number of hydrogen-bond acceptors (Lipinski definition) is 6. The number of benzene rings is 1. The summed E-state index contributed by atoms with van der Waals surface area (Å²) in [4.78, 5) is 6.68. The summed E-state index contributed by atoms with van der Waals surface area (Å²) in [5.41, 5.74) is 5.85. The highest BCUT2D eigenvalue weighted by Crippen LogP contribution is 2.39. The van der Waals surface area contributed by atoms with Crippen LogP contribution in [-0.2, 0) is 5.60 Å². The van der Waals surface area contributed by atoms with Crippen LogP contribution in [0.15, 0.2) is 17.5 Å². The van der Waals surface area contributed by atoms with Crippen LogP contribution in [0.1, 0.15) is 16.3 Å². The molecule has 1 aliphatic rings. The van der Waals surface area contributed by atoms with Gasteiger partial charge in [-0.2, -0.15) is 5.26 Å². The summed E-state index contributed by atoms with van der Waals surface area (Å²) >= 11 is 7.39. The first-order valence-corrected chi connectivity index (χ1v) is 8.66. The largest absolute Gasteiger partial charge is 0.477 e. The molecule has 8 heteroatoms. The van der Waals surface area contributed by atoms with E-state index in [1.165, 1.54) is 17.4 Å². The summed E-state index contributed by atoms with van der Waals surface area (Å²) in [5.74, 6) is -0.376. The third-order valence-electron chi connectivity index (χ3n) is 3.94. The van der Waals surface area contributed by atoms with E-state index in [-0.39, 0.29) is 16.3 Å². The second-order valence-corrected chi connectivity index (χ2v) is 7.19. The summed E-state index contributed by atoms with van der Waals surface area (Å²) < 4.78 is 19.8. The minimum atomic E-state index is -0.674. The molecule has 3 rings (SSSR count). The molecule has 0 aliphatic carbocycles. The van der Waals surface area contributed by atoms with E-state index in [9.17, 15) is 9.65 Å². The van der Waals surface area contributed by atoms with Crippen LogP contribution < -0.4 is 10.5 Å². The second-order valence-electron chi connectivity index (χ2n) is 5.72. The van der Waals surface area contributed by atoms with Crippen molar-refractivity contribution in [1.82, 2.24) is 9.88 Å². The molecule has 0 atom stereocenters. The number of nitrogens with two attached hydrogens (primary N) is 1. The second kappa shape index (κ2) is 6.65. The molecule has 2 heterocycles. The van der Waals surface area contributed by atoms with Crippen molar-refractivity contribution < 1.29 is 9.13 Å². The van der Waals surface area contributed by atoms with Crippen molar-refractivity contribution in [3.63, 3.8) is 0 Å². The lowest BCUT2D eigenvalue weighted by Gasteiger charge is -2.48.